The van der Waals surface area contributed by atoms with Gasteiger partial charge in [-0.2, -0.15) is 0 Å². The van der Waals surface area contributed by atoms with Crippen molar-refractivity contribution in [3.63, 3.8) is 0 Å². The fourth-order valence-electron chi connectivity index (χ4n) is 0.0546. The van der Waals surface area contributed by atoms with Gasteiger partial charge in [0.05, 0.1) is 4.32 Å². The van der Waals surface area contributed by atoms with Gasteiger partial charge in [0.15, 0.2) is 0 Å². The van der Waals surface area contributed by atoms with Gasteiger partial charge in [0.1, 0.15) is 0 Å². The van der Waals surface area contributed by atoms with Crippen LogP contribution in [-0.2, 0) is 0 Å². The van der Waals surface area contributed by atoms with Gasteiger partial charge in [-0.1, -0.05) is 22.0 Å². The summed E-state index contributed by atoms with van der Waals surface area (Å²) in [5.74, 6) is 0.566. The molecule has 1 atom stereocenters. The third-order valence-electron chi connectivity index (χ3n) is 0.687. The number of hydrogen-bond acceptors (Lipinski definition) is 0. The molecule has 0 aliphatic rings. The van der Waals surface area contributed by atoms with Crippen LogP contribution in [0, 0.1) is 0 Å². The van der Waals surface area contributed by atoms with Crippen LogP contribution in [0.2, 0.25) is 0 Å². The molecule has 0 amide bonds. The molecule has 0 bridgehead atoms. The average Bonchev–Trinajstić information content (AvgIpc) is 1.68. The van der Waals surface area contributed by atoms with Gasteiger partial charge in [0.25, 0.3) is 0 Å². The zero-order chi connectivity index (χ0) is 5.91. The Morgan fingerprint density at radius 1 is 2.00 bits per heavy atom. The molecule has 1 unspecified atom stereocenters. The van der Waals surface area contributed by atoms with Gasteiger partial charge in [-0.3, -0.25) is 0 Å². The lowest BCUT2D eigenvalue weighted by Crippen LogP contribution is -2.11. The highest BCUT2D eigenvalue weighted by Gasteiger charge is 2.11. The van der Waals surface area contributed by atoms with Gasteiger partial charge in [-0.25, -0.2) is 0 Å². The fourth-order valence-corrected chi connectivity index (χ4v) is 0.164. The fraction of sp³-hybridized carbons (Fsp3) is 0.600. The SMILES string of the molecule is C=CC(C)(Br)CCl. The molecule has 0 fully saturated rings. The molecule has 0 nitrogen and oxygen atoms in total. The van der Waals surface area contributed by atoms with E-state index in [1.165, 1.54) is 0 Å². The predicted octanol–water partition coefficient (Wildman–Crippen LogP) is 2.56. The van der Waals surface area contributed by atoms with E-state index >= 15 is 0 Å². The zero-order valence-electron chi connectivity index (χ0n) is 4.25. The number of rotatable bonds is 2. The van der Waals surface area contributed by atoms with Gasteiger partial charge in [-0.05, 0) is 6.92 Å². The van der Waals surface area contributed by atoms with Crippen LogP contribution >= 0.6 is 27.5 Å². The van der Waals surface area contributed by atoms with Crippen LogP contribution in [0.5, 0.6) is 0 Å². The summed E-state index contributed by atoms with van der Waals surface area (Å²) in [6.07, 6.45) is 1.78. The Hall–Kier alpha value is 0.510. The van der Waals surface area contributed by atoms with Crippen molar-refractivity contribution in [2.75, 3.05) is 5.88 Å². The molecule has 0 aliphatic heterocycles. The maximum Gasteiger partial charge on any atom is 0.0541 e. The van der Waals surface area contributed by atoms with Crippen molar-refractivity contribution in [2.24, 2.45) is 0 Å². The molecule has 0 aromatic rings. The summed E-state index contributed by atoms with van der Waals surface area (Å²) >= 11 is 8.81. The Bertz CT molecular complexity index is 68.5. The monoisotopic (exact) mass is 182 g/mol. The van der Waals surface area contributed by atoms with E-state index in [1.807, 2.05) is 6.92 Å². The maximum atomic E-state index is 5.48. The Morgan fingerprint density at radius 2 is 2.43 bits per heavy atom. The van der Waals surface area contributed by atoms with Crippen LogP contribution < -0.4 is 0 Å². The van der Waals surface area contributed by atoms with Crippen LogP contribution in [0.1, 0.15) is 6.92 Å². The van der Waals surface area contributed by atoms with Gasteiger partial charge >= 0.3 is 0 Å². The summed E-state index contributed by atoms with van der Waals surface area (Å²) in [6.45, 7) is 5.54. The topological polar surface area (TPSA) is 0 Å². The summed E-state index contributed by atoms with van der Waals surface area (Å²) in [6, 6.07) is 0. The van der Waals surface area contributed by atoms with E-state index in [1.54, 1.807) is 6.08 Å². The second-order valence-electron chi connectivity index (χ2n) is 1.62. The first-order valence-corrected chi connectivity index (χ1v) is 3.33. The highest BCUT2D eigenvalue weighted by molar-refractivity contribution is 9.10. The summed E-state index contributed by atoms with van der Waals surface area (Å²) in [7, 11) is 0. The highest BCUT2D eigenvalue weighted by Crippen LogP contribution is 2.18. The Labute approximate surface area is 57.7 Å². The molecule has 0 aromatic carbocycles. The molecule has 0 heterocycles. The molecule has 7 heavy (non-hydrogen) atoms. The molecule has 42 valence electrons. The van der Waals surface area contributed by atoms with Crippen LogP contribution in [0.15, 0.2) is 12.7 Å². The third-order valence-corrected chi connectivity index (χ3v) is 2.17. The van der Waals surface area contributed by atoms with E-state index in [4.69, 9.17) is 11.6 Å². The normalized spacial score (nSPS) is 18.1. The zero-order valence-corrected chi connectivity index (χ0v) is 6.59. The van der Waals surface area contributed by atoms with E-state index in [2.05, 4.69) is 22.5 Å². The number of hydrogen-bond donors (Lipinski definition) is 0. The van der Waals surface area contributed by atoms with Crippen LogP contribution in [0.3, 0.4) is 0 Å². The molecule has 0 N–H and O–H groups in total. The van der Waals surface area contributed by atoms with E-state index < -0.39 is 0 Å². The van der Waals surface area contributed by atoms with Crippen molar-refractivity contribution < 1.29 is 0 Å². The number of halogens is 2. The first-order chi connectivity index (χ1) is 3.12. The number of allylic oxidation sites excluding steroid dienone is 1. The van der Waals surface area contributed by atoms with E-state index in [0.717, 1.165) is 0 Å². The highest BCUT2D eigenvalue weighted by atomic mass is 79.9. The number of alkyl halides is 2. The van der Waals surface area contributed by atoms with Crippen molar-refractivity contribution in [3.8, 4) is 0 Å². The minimum atomic E-state index is -0.0748. The van der Waals surface area contributed by atoms with Crippen molar-refractivity contribution in [1.82, 2.24) is 0 Å². The quantitative estimate of drug-likeness (QED) is 0.456. The van der Waals surface area contributed by atoms with Gasteiger partial charge < -0.3 is 0 Å². The molecule has 0 rings (SSSR count). The van der Waals surface area contributed by atoms with Crippen LogP contribution in [-0.4, -0.2) is 10.2 Å². The minimum Gasteiger partial charge on any atom is -0.125 e. The van der Waals surface area contributed by atoms with Crippen molar-refractivity contribution in [1.29, 1.82) is 0 Å². The second kappa shape index (κ2) is 2.73. The van der Waals surface area contributed by atoms with Crippen molar-refractivity contribution >= 4 is 27.5 Å². The molecule has 2 heteroatoms. The first-order valence-electron chi connectivity index (χ1n) is 2.01. The predicted molar refractivity (Wildman–Crippen MR) is 38.2 cm³/mol. The molecule has 0 spiro atoms. The van der Waals surface area contributed by atoms with E-state index in [9.17, 15) is 0 Å². The smallest absolute Gasteiger partial charge is 0.0541 e. The van der Waals surface area contributed by atoms with E-state index in [-0.39, 0.29) is 4.32 Å². The second-order valence-corrected chi connectivity index (χ2v) is 3.69. The molecular weight excluding hydrogens is 175 g/mol. The van der Waals surface area contributed by atoms with E-state index in [0.29, 0.717) is 5.88 Å². The molecule has 0 radical (unpaired) electrons. The Morgan fingerprint density at radius 3 is 2.43 bits per heavy atom. The average molecular weight is 183 g/mol. The third kappa shape index (κ3) is 3.12. The lowest BCUT2D eigenvalue weighted by molar-refractivity contribution is 0.933. The standard InChI is InChI=1S/C5H8BrCl/c1-3-5(2,6)4-7/h3H,1,4H2,2H3. The molecular formula is C5H8BrCl. The maximum absolute atomic E-state index is 5.48. The summed E-state index contributed by atoms with van der Waals surface area (Å²) in [4.78, 5) is 0. The first kappa shape index (κ1) is 7.51. The van der Waals surface area contributed by atoms with Crippen LogP contribution in [0.4, 0.5) is 0 Å². The summed E-state index contributed by atoms with van der Waals surface area (Å²) < 4.78 is -0.0748. The summed E-state index contributed by atoms with van der Waals surface area (Å²) in [5.41, 5.74) is 0. The lowest BCUT2D eigenvalue weighted by atomic mass is 10.2. The Balaban J connectivity index is 3.58. The minimum absolute atomic E-state index is 0.0748. The molecule has 0 aliphatic carbocycles. The van der Waals surface area contributed by atoms with Crippen LogP contribution in [0.25, 0.3) is 0 Å². The Kier molecular flexibility index (Phi) is 2.93. The molecule has 0 saturated carbocycles. The molecule has 0 saturated heterocycles. The molecule has 0 aromatic heterocycles. The van der Waals surface area contributed by atoms with Gasteiger partial charge in [0.2, 0.25) is 0 Å². The van der Waals surface area contributed by atoms with Gasteiger partial charge in [-0.15, -0.1) is 18.2 Å². The summed E-state index contributed by atoms with van der Waals surface area (Å²) in [5, 5.41) is 0. The lowest BCUT2D eigenvalue weighted by Gasteiger charge is -2.10. The van der Waals surface area contributed by atoms with Crippen molar-refractivity contribution in [3.05, 3.63) is 12.7 Å². The van der Waals surface area contributed by atoms with Crippen molar-refractivity contribution in [2.45, 2.75) is 11.2 Å². The largest absolute Gasteiger partial charge is 0.125 e. The van der Waals surface area contributed by atoms with Gasteiger partial charge in [0, 0.05) is 5.88 Å².